The summed E-state index contributed by atoms with van der Waals surface area (Å²) in [6, 6.07) is -0.351. The number of hydrogen-bond donors (Lipinski definition) is 5. The van der Waals surface area contributed by atoms with E-state index in [4.69, 9.17) is 15.1 Å². The van der Waals surface area contributed by atoms with Crippen molar-refractivity contribution in [2.24, 2.45) is 5.16 Å². The van der Waals surface area contributed by atoms with Crippen LogP contribution in [-0.4, -0.2) is 79.2 Å². The summed E-state index contributed by atoms with van der Waals surface area (Å²) in [5.74, 6) is -2.48. The van der Waals surface area contributed by atoms with Crippen molar-refractivity contribution >= 4 is 56.2 Å². The van der Waals surface area contributed by atoms with E-state index in [0.29, 0.717) is 9.79 Å². The molecule has 37 heavy (non-hydrogen) atoms. The second-order valence-corrected chi connectivity index (χ2v) is 10.9. The third-order valence-corrected chi connectivity index (χ3v) is 6.71. The number of aromatic hydroxyl groups is 1. The van der Waals surface area contributed by atoms with E-state index >= 15 is 0 Å². The largest absolute Gasteiger partial charge is 0.503 e. The Hall–Kier alpha value is -3.39. The lowest BCUT2D eigenvalue weighted by molar-refractivity contribution is -0.218. The van der Waals surface area contributed by atoms with Crippen LogP contribution in [0.1, 0.15) is 31.3 Å². The van der Waals surface area contributed by atoms with Gasteiger partial charge in [-0.1, -0.05) is 5.16 Å². The first kappa shape index (κ1) is 28.2. The van der Waals surface area contributed by atoms with Crippen LogP contribution in [0.5, 0.6) is 5.75 Å². The lowest BCUT2D eigenvalue weighted by Gasteiger charge is -2.50. The smallest absolute Gasteiger partial charge is 0.418 e. The first-order valence-electron chi connectivity index (χ1n) is 10.1. The lowest BCUT2D eigenvalue weighted by atomic mass is 9.84. The zero-order chi connectivity index (χ0) is 27.7. The highest BCUT2D eigenvalue weighted by Gasteiger charge is 2.58. The number of nitrogens with zero attached hydrogens (tertiary/aromatic N) is 4. The van der Waals surface area contributed by atoms with Crippen LogP contribution in [0.15, 0.2) is 27.6 Å². The highest BCUT2D eigenvalue weighted by Crippen LogP contribution is 2.33. The molecule has 1 aliphatic heterocycles. The van der Waals surface area contributed by atoms with Crippen LogP contribution in [0.4, 0.5) is 5.13 Å². The molecule has 202 valence electrons. The van der Waals surface area contributed by atoms with Gasteiger partial charge in [-0.05, 0) is 20.1 Å². The number of oxime groups is 1. The third-order valence-electron chi connectivity index (χ3n) is 5.06. The summed E-state index contributed by atoms with van der Waals surface area (Å²) in [6.45, 7) is 2.75. The summed E-state index contributed by atoms with van der Waals surface area (Å²) < 4.78 is 35.6. The van der Waals surface area contributed by atoms with Gasteiger partial charge in [0.1, 0.15) is 17.4 Å². The van der Waals surface area contributed by atoms with Gasteiger partial charge in [-0.25, -0.2) is 4.98 Å². The van der Waals surface area contributed by atoms with Crippen LogP contribution < -0.4 is 16.5 Å². The summed E-state index contributed by atoms with van der Waals surface area (Å²) in [5, 5.41) is 27.7. The van der Waals surface area contributed by atoms with Gasteiger partial charge in [0, 0.05) is 17.2 Å². The molecule has 0 spiro atoms. The van der Waals surface area contributed by atoms with E-state index in [1.807, 2.05) is 0 Å². The number of pyridine rings is 1. The number of β-lactam (4-membered cyclic amide) rings is 1. The number of rotatable bonds is 10. The number of anilines is 1. The molecule has 1 fully saturated rings. The second kappa shape index (κ2) is 10.5. The monoisotopic (exact) mass is 578 g/mol. The van der Waals surface area contributed by atoms with E-state index in [2.05, 4.69) is 19.7 Å². The number of aromatic nitrogens is 2. The molecule has 1 unspecified atom stereocenters. The van der Waals surface area contributed by atoms with E-state index in [1.165, 1.54) is 31.0 Å². The van der Waals surface area contributed by atoms with Crippen molar-refractivity contribution in [2.45, 2.75) is 31.5 Å². The maximum Gasteiger partial charge on any atom is 0.418 e. The number of hydrogen-bond acceptors (Lipinski definition) is 14. The van der Waals surface area contributed by atoms with E-state index in [0.717, 1.165) is 23.6 Å². The first-order chi connectivity index (χ1) is 17.2. The van der Waals surface area contributed by atoms with Crippen molar-refractivity contribution in [2.75, 3.05) is 17.7 Å². The Balaban J connectivity index is 1.90. The number of carbonyl (C=O) groups is 2. The molecule has 0 aromatic carbocycles. The van der Waals surface area contributed by atoms with E-state index in [9.17, 15) is 33.1 Å². The highest BCUT2D eigenvalue weighted by atomic mass is 32.3. The SMILES string of the molecule is CSCC(O/N=C(\C(=O)N[C@@H]1C(=O)N(OS(=O)(=O)O)C1(C)C)c1csc(N)n1)c1cc(=O)c(O)cn1O. The number of carbonyl (C=O) groups excluding carboxylic acids is 2. The van der Waals surface area contributed by atoms with Crippen molar-refractivity contribution < 1.29 is 42.0 Å². The molecular weight excluding hydrogens is 556 g/mol. The summed E-state index contributed by atoms with van der Waals surface area (Å²) in [5.41, 5.74) is 2.96. The molecule has 2 aromatic heterocycles. The molecule has 3 rings (SSSR count). The molecule has 2 aromatic rings. The molecule has 0 radical (unpaired) electrons. The van der Waals surface area contributed by atoms with Crippen molar-refractivity contribution in [3.05, 3.63) is 39.3 Å². The minimum absolute atomic E-state index is 0.0226. The van der Waals surface area contributed by atoms with Crippen molar-refractivity contribution in [1.82, 2.24) is 20.1 Å². The first-order valence-corrected chi connectivity index (χ1v) is 13.7. The fourth-order valence-corrected chi connectivity index (χ4v) is 4.76. The third kappa shape index (κ3) is 6.13. The Morgan fingerprint density at radius 3 is 2.65 bits per heavy atom. The maximum absolute atomic E-state index is 13.1. The topological polar surface area (TPSA) is 236 Å². The van der Waals surface area contributed by atoms with Crippen molar-refractivity contribution in [3.63, 3.8) is 0 Å². The standard InChI is InChI=1S/C18H22N6O10S3/c1-18(2)14(16(28)24(18)34-37(30,31)32)21-15(27)13(8-6-36-17(19)20-8)22-33-12(7-35-3)9-4-10(25)11(26)5-23(9)29/h4-6,12,14,26,29H,7H2,1-3H3,(H2,19,20)(H,21,27)(H,30,31,32)/b22-13-/t12?,14-/m1/s1. The van der Waals surface area contributed by atoms with Gasteiger partial charge in [0.15, 0.2) is 22.7 Å². The molecule has 3 heterocycles. The average Bonchev–Trinajstić information content (AvgIpc) is 3.22. The van der Waals surface area contributed by atoms with E-state index in [-0.39, 0.29) is 22.3 Å². The van der Waals surface area contributed by atoms with Crippen LogP contribution in [-0.2, 0) is 29.1 Å². The van der Waals surface area contributed by atoms with Gasteiger partial charge in [-0.2, -0.15) is 30.0 Å². The van der Waals surface area contributed by atoms with Crippen LogP contribution in [0.25, 0.3) is 0 Å². The van der Waals surface area contributed by atoms with Crippen LogP contribution in [0, 0.1) is 0 Å². The zero-order valence-corrected chi connectivity index (χ0v) is 21.8. The number of nitrogen functional groups attached to an aromatic ring is 1. The zero-order valence-electron chi connectivity index (χ0n) is 19.4. The maximum atomic E-state index is 13.1. The molecule has 1 aliphatic rings. The molecule has 16 nitrogen and oxygen atoms in total. The molecule has 6 N–H and O–H groups in total. The van der Waals surface area contributed by atoms with Gasteiger partial charge in [-0.15, -0.1) is 15.6 Å². The molecular formula is C18H22N6O10S3. The molecule has 1 saturated heterocycles. The van der Waals surface area contributed by atoms with Crippen LogP contribution in [0.3, 0.4) is 0 Å². The number of thiazole rings is 1. The predicted octanol–water partition coefficient (Wildman–Crippen LogP) is -0.505. The molecule has 2 atom stereocenters. The highest BCUT2D eigenvalue weighted by molar-refractivity contribution is 7.98. The Labute approximate surface area is 217 Å². The number of thioether (sulfide) groups is 1. The fourth-order valence-electron chi connectivity index (χ4n) is 3.23. The van der Waals surface area contributed by atoms with Gasteiger partial charge >= 0.3 is 10.4 Å². The predicted molar refractivity (Wildman–Crippen MR) is 130 cm³/mol. The molecule has 19 heteroatoms. The number of amides is 2. The lowest BCUT2D eigenvalue weighted by Crippen LogP contribution is -2.76. The van der Waals surface area contributed by atoms with Gasteiger partial charge < -0.3 is 26.2 Å². The Morgan fingerprint density at radius 1 is 1.43 bits per heavy atom. The minimum atomic E-state index is -4.99. The number of nitrogens with two attached hydrogens (primary N) is 1. The normalized spacial score (nSPS) is 18.3. The summed E-state index contributed by atoms with van der Waals surface area (Å²) in [7, 11) is -4.99. The van der Waals surface area contributed by atoms with Crippen molar-refractivity contribution in [3.8, 4) is 5.75 Å². The Kier molecular flexibility index (Phi) is 8.03. The molecule has 2 amide bonds. The van der Waals surface area contributed by atoms with Gasteiger partial charge in [0.25, 0.3) is 11.8 Å². The quantitative estimate of drug-likeness (QED) is 0.0786. The fraction of sp³-hybridized carbons (Fsp3) is 0.389. The average molecular weight is 579 g/mol. The van der Waals surface area contributed by atoms with Gasteiger partial charge in [0.05, 0.1) is 11.7 Å². The van der Waals surface area contributed by atoms with Gasteiger partial charge in [-0.3, -0.25) is 18.9 Å². The molecule has 0 aliphatic carbocycles. The van der Waals surface area contributed by atoms with Crippen LogP contribution in [0.2, 0.25) is 0 Å². The Morgan fingerprint density at radius 2 is 2.11 bits per heavy atom. The summed E-state index contributed by atoms with van der Waals surface area (Å²) >= 11 is 2.25. The summed E-state index contributed by atoms with van der Waals surface area (Å²) in [4.78, 5) is 46.9. The van der Waals surface area contributed by atoms with E-state index < -0.39 is 56.8 Å². The minimum Gasteiger partial charge on any atom is -0.503 e. The number of nitrogens with one attached hydrogen (secondary N) is 1. The Bertz CT molecular complexity index is 1400. The van der Waals surface area contributed by atoms with Crippen LogP contribution >= 0.6 is 23.1 Å². The van der Waals surface area contributed by atoms with E-state index in [1.54, 1.807) is 6.26 Å². The second-order valence-electron chi connectivity index (χ2n) is 8.05. The molecule has 0 bridgehead atoms. The van der Waals surface area contributed by atoms with Crippen molar-refractivity contribution in [1.29, 1.82) is 0 Å². The molecule has 0 saturated carbocycles. The summed E-state index contributed by atoms with van der Waals surface area (Å²) in [6.07, 6.45) is 1.41. The number of hydroxylamine groups is 2. The van der Waals surface area contributed by atoms with Gasteiger partial charge in [0.2, 0.25) is 5.43 Å².